The van der Waals surface area contributed by atoms with Gasteiger partial charge in [0, 0.05) is 20.3 Å². The lowest BCUT2D eigenvalue weighted by molar-refractivity contribution is 0.171. The first-order valence-electron chi connectivity index (χ1n) is 6.76. The van der Waals surface area contributed by atoms with Gasteiger partial charge in [-0.1, -0.05) is 17.8 Å². The van der Waals surface area contributed by atoms with Gasteiger partial charge in [0.05, 0.1) is 0 Å². The highest BCUT2D eigenvalue weighted by molar-refractivity contribution is 9.10. The minimum absolute atomic E-state index is 0.0367. The third-order valence-corrected chi connectivity index (χ3v) is 5.21. The topological polar surface area (TPSA) is 44.5 Å². The lowest BCUT2D eigenvalue weighted by Gasteiger charge is -2.18. The Bertz CT molecular complexity index is 661. The van der Waals surface area contributed by atoms with E-state index in [0.29, 0.717) is 13.2 Å². The summed E-state index contributed by atoms with van der Waals surface area (Å²) in [6, 6.07) is 12.3. The first-order chi connectivity index (χ1) is 10.1. The molecule has 0 aromatic heterocycles. The molecule has 21 heavy (non-hydrogen) atoms. The molecule has 110 valence electrons. The van der Waals surface area contributed by atoms with Crippen molar-refractivity contribution in [2.24, 2.45) is 5.73 Å². The third-order valence-electron chi connectivity index (χ3n) is 3.22. The number of halogens is 1. The number of fused-ring (bicyclic) bond motifs is 1. The summed E-state index contributed by atoms with van der Waals surface area (Å²) < 4.78 is 12.2. The summed E-state index contributed by atoms with van der Waals surface area (Å²) in [6.45, 7) is 3.20. The van der Waals surface area contributed by atoms with Crippen LogP contribution in [0.3, 0.4) is 0 Å². The van der Waals surface area contributed by atoms with Gasteiger partial charge in [0.25, 0.3) is 0 Å². The van der Waals surface area contributed by atoms with Crippen molar-refractivity contribution in [3.05, 3.63) is 46.4 Å². The molecule has 0 saturated carbocycles. The Labute approximate surface area is 137 Å². The van der Waals surface area contributed by atoms with Crippen molar-refractivity contribution in [3.8, 4) is 11.5 Å². The normalized spacial score (nSPS) is 14.8. The predicted octanol–water partition coefficient (Wildman–Crippen LogP) is 4.39. The molecule has 2 aromatic carbocycles. The largest absolute Gasteiger partial charge is 0.486 e. The third kappa shape index (κ3) is 3.36. The van der Waals surface area contributed by atoms with E-state index >= 15 is 0 Å². The Morgan fingerprint density at radius 3 is 2.57 bits per heavy atom. The van der Waals surface area contributed by atoms with Gasteiger partial charge in [-0.2, -0.15) is 0 Å². The van der Waals surface area contributed by atoms with Crippen LogP contribution in [-0.4, -0.2) is 13.2 Å². The van der Waals surface area contributed by atoms with Crippen LogP contribution in [0.25, 0.3) is 0 Å². The number of benzene rings is 2. The van der Waals surface area contributed by atoms with Crippen molar-refractivity contribution in [1.82, 2.24) is 0 Å². The summed E-state index contributed by atoms with van der Waals surface area (Å²) >= 11 is 5.30. The Hall–Kier alpha value is -1.17. The van der Waals surface area contributed by atoms with Crippen LogP contribution in [0.2, 0.25) is 0 Å². The Balaban J connectivity index is 1.83. The van der Waals surface area contributed by atoms with Crippen LogP contribution in [0.5, 0.6) is 11.5 Å². The fourth-order valence-electron chi connectivity index (χ4n) is 2.10. The van der Waals surface area contributed by atoms with Crippen LogP contribution in [0, 0.1) is 0 Å². The standard InChI is InChI=1S/C16H16BrNO2S/c1-10(18)11-2-5-16(13(17)8-11)21-12-3-4-14-15(9-12)20-7-6-19-14/h2-5,8-10H,6-7,18H2,1H3/t10-/m0/s1. The first-order valence-corrected chi connectivity index (χ1v) is 8.37. The second-order valence-corrected chi connectivity index (χ2v) is 6.86. The molecule has 0 spiro atoms. The highest BCUT2D eigenvalue weighted by atomic mass is 79.9. The molecular formula is C16H16BrNO2S. The van der Waals surface area contributed by atoms with Crippen LogP contribution in [0.4, 0.5) is 0 Å². The highest BCUT2D eigenvalue weighted by Gasteiger charge is 2.13. The first kappa shape index (κ1) is 14.8. The molecule has 2 N–H and O–H groups in total. The van der Waals surface area contributed by atoms with E-state index in [-0.39, 0.29) is 6.04 Å². The van der Waals surface area contributed by atoms with Gasteiger partial charge in [0.1, 0.15) is 13.2 Å². The Morgan fingerprint density at radius 2 is 1.86 bits per heavy atom. The van der Waals surface area contributed by atoms with Crippen LogP contribution in [0.1, 0.15) is 18.5 Å². The van der Waals surface area contributed by atoms with Crippen molar-refractivity contribution in [3.63, 3.8) is 0 Å². The maximum Gasteiger partial charge on any atom is 0.162 e. The average molecular weight is 366 g/mol. The molecule has 0 fully saturated rings. The fourth-order valence-corrected chi connectivity index (χ4v) is 3.59. The molecule has 1 aliphatic heterocycles. The van der Waals surface area contributed by atoms with E-state index < -0.39 is 0 Å². The van der Waals surface area contributed by atoms with E-state index in [1.54, 1.807) is 11.8 Å². The SMILES string of the molecule is C[C@H](N)c1ccc(Sc2ccc3c(c2)OCCO3)c(Br)c1. The van der Waals surface area contributed by atoms with Crippen LogP contribution in [-0.2, 0) is 0 Å². The summed E-state index contributed by atoms with van der Waals surface area (Å²) in [5.41, 5.74) is 7.02. The van der Waals surface area contributed by atoms with E-state index in [4.69, 9.17) is 15.2 Å². The fraction of sp³-hybridized carbons (Fsp3) is 0.250. The summed E-state index contributed by atoms with van der Waals surface area (Å²) in [6.07, 6.45) is 0. The molecule has 1 atom stereocenters. The van der Waals surface area contributed by atoms with Crippen molar-refractivity contribution < 1.29 is 9.47 Å². The summed E-state index contributed by atoms with van der Waals surface area (Å²) in [4.78, 5) is 2.27. The molecular weight excluding hydrogens is 350 g/mol. The van der Waals surface area contributed by atoms with Gasteiger partial charge in [-0.05, 0) is 58.7 Å². The minimum Gasteiger partial charge on any atom is -0.486 e. The number of rotatable bonds is 3. The van der Waals surface area contributed by atoms with Crippen LogP contribution in [0.15, 0.2) is 50.7 Å². The zero-order chi connectivity index (χ0) is 14.8. The average Bonchev–Trinajstić information content (AvgIpc) is 2.49. The molecule has 0 radical (unpaired) electrons. The summed E-state index contributed by atoms with van der Waals surface area (Å²) in [5, 5.41) is 0. The smallest absolute Gasteiger partial charge is 0.162 e. The maximum atomic E-state index is 5.90. The predicted molar refractivity (Wildman–Crippen MR) is 88.3 cm³/mol. The second kappa shape index (κ2) is 6.30. The molecule has 0 amide bonds. The molecule has 1 aliphatic rings. The second-order valence-electron chi connectivity index (χ2n) is 4.89. The number of ether oxygens (including phenoxy) is 2. The molecule has 3 rings (SSSR count). The zero-order valence-electron chi connectivity index (χ0n) is 11.6. The van der Waals surface area contributed by atoms with E-state index in [0.717, 1.165) is 31.3 Å². The van der Waals surface area contributed by atoms with Crippen molar-refractivity contribution >= 4 is 27.7 Å². The van der Waals surface area contributed by atoms with E-state index in [9.17, 15) is 0 Å². The summed E-state index contributed by atoms with van der Waals surface area (Å²) in [7, 11) is 0. The molecule has 0 unspecified atom stereocenters. The lowest BCUT2D eigenvalue weighted by Crippen LogP contribution is -2.15. The number of nitrogens with two attached hydrogens (primary N) is 1. The Morgan fingerprint density at radius 1 is 1.10 bits per heavy atom. The van der Waals surface area contributed by atoms with E-state index in [1.165, 1.54) is 0 Å². The quantitative estimate of drug-likeness (QED) is 0.875. The molecule has 0 aliphatic carbocycles. The molecule has 0 bridgehead atoms. The molecule has 3 nitrogen and oxygen atoms in total. The maximum absolute atomic E-state index is 5.90. The Kier molecular flexibility index (Phi) is 4.42. The molecule has 0 saturated heterocycles. The van der Waals surface area contributed by atoms with Gasteiger partial charge in [-0.25, -0.2) is 0 Å². The van der Waals surface area contributed by atoms with E-state index in [1.807, 2.05) is 25.1 Å². The molecule has 1 heterocycles. The minimum atomic E-state index is 0.0367. The number of hydrogen-bond acceptors (Lipinski definition) is 4. The van der Waals surface area contributed by atoms with Crippen LogP contribution >= 0.6 is 27.7 Å². The van der Waals surface area contributed by atoms with Gasteiger partial charge in [0.2, 0.25) is 0 Å². The number of hydrogen-bond donors (Lipinski definition) is 1. The van der Waals surface area contributed by atoms with Crippen LogP contribution < -0.4 is 15.2 Å². The van der Waals surface area contributed by atoms with Gasteiger partial charge >= 0.3 is 0 Å². The van der Waals surface area contributed by atoms with Crippen molar-refractivity contribution in [2.45, 2.75) is 22.8 Å². The van der Waals surface area contributed by atoms with Gasteiger partial charge in [0.15, 0.2) is 11.5 Å². The lowest BCUT2D eigenvalue weighted by atomic mass is 10.1. The van der Waals surface area contributed by atoms with Crippen molar-refractivity contribution in [2.75, 3.05) is 13.2 Å². The highest BCUT2D eigenvalue weighted by Crippen LogP contribution is 2.39. The van der Waals surface area contributed by atoms with Gasteiger partial charge in [-0.15, -0.1) is 0 Å². The monoisotopic (exact) mass is 365 g/mol. The molecule has 2 aromatic rings. The summed E-state index contributed by atoms with van der Waals surface area (Å²) in [5.74, 6) is 1.63. The van der Waals surface area contributed by atoms with Crippen molar-refractivity contribution in [1.29, 1.82) is 0 Å². The van der Waals surface area contributed by atoms with Gasteiger partial charge < -0.3 is 15.2 Å². The molecule has 5 heteroatoms. The van der Waals surface area contributed by atoms with Gasteiger partial charge in [-0.3, -0.25) is 0 Å². The van der Waals surface area contributed by atoms with E-state index in [2.05, 4.69) is 34.1 Å². The zero-order valence-corrected chi connectivity index (χ0v) is 14.0.